The molecule has 0 radical (unpaired) electrons. The van der Waals surface area contributed by atoms with Crippen molar-refractivity contribution in [1.82, 2.24) is 5.32 Å². The van der Waals surface area contributed by atoms with Gasteiger partial charge < -0.3 is 15.4 Å². The largest absolute Gasteiger partial charge is 0.482 e. The maximum atomic E-state index is 13.2. The van der Waals surface area contributed by atoms with Crippen LogP contribution in [0.4, 0.5) is 5.69 Å². The van der Waals surface area contributed by atoms with Crippen LogP contribution in [-0.4, -0.2) is 24.1 Å². The first-order chi connectivity index (χ1) is 17.3. The van der Waals surface area contributed by atoms with Gasteiger partial charge in [0.1, 0.15) is 5.75 Å². The summed E-state index contributed by atoms with van der Waals surface area (Å²) in [7, 11) is 0. The number of amides is 1. The molecule has 2 aromatic carbocycles. The average molecular weight is 614 g/mol. The average Bonchev–Trinajstić information content (AvgIpc) is 2.82. The van der Waals surface area contributed by atoms with E-state index < -0.39 is 5.92 Å². The summed E-state index contributed by atoms with van der Waals surface area (Å²) >= 11 is 7.16. The number of rotatable bonds is 5. The molecule has 0 bridgehead atoms. The first kappa shape index (κ1) is 25.0. The third kappa shape index (κ3) is 4.93. The minimum absolute atomic E-state index is 0.0536. The van der Waals surface area contributed by atoms with Gasteiger partial charge in [-0.2, -0.15) is 0 Å². The molecule has 0 saturated heterocycles. The summed E-state index contributed by atoms with van der Waals surface area (Å²) in [5, 5.41) is 6.30. The molecule has 36 heavy (non-hydrogen) atoms. The van der Waals surface area contributed by atoms with E-state index in [0.29, 0.717) is 45.5 Å². The zero-order chi connectivity index (χ0) is 25.4. The van der Waals surface area contributed by atoms with E-state index in [1.807, 2.05) is 43.3 Å². The van der Waals surface area contributed by atoms with Crippen molar-refractivity contribution in [3.63, 3.8) is 0 Å². The highest BCUT2D eigenvalue weighted by atomic mass is 79.9. The topological polar surface area (TPSA) is 84.5 Å². The summed E-state index contributed by atoms with van der Waals surface area (Å²) in [6.45, 7) is 1.74. The first-order valence-electron chi connectivity index (χ1n) is 12.1. The molecule has 0 saturated carbocycles. The fraction of sp³-hybridized carbons (Fsp3) is 0.321. The lowest BCUT2D eigenvalue weighted by atomic mass is 9.71. The highest BCUT2D eigenvalue weighted by Gasteiger charge is 2.41. The molecule has 6 nitrogen and oxygen atoms in total. The molecule has 1 amide bonds. The van der Waals surface area contributed by atoms with Gasteiger partial charge in [0.15, 0.2) is 18.2 Å². The predicted octanol–water partition coefficient (Wildman–Crippen LogP) is 6.24. The number of allylic oxidation sites excluding steroid dienone is 4. The molecule has 8 heteroatoms. The van der Waals surface area contributed by atoms with Crippen LogP contribution < -0.4 is 15.4 Å². The molecule has 186 valence electrons. The smallest absolute Gasteiger partial charge is 0.262 e. The molecule has 2 N–H and O–H groups in total. The number of ketones is 2. The van der Waals surface area contributed by atoms with Crippen molar-refractivity contribution in [3.05, 3.63) is 79.0 Å². The molecule has 3 aliphatic rings. The zero-order valence-electron chi connectivity index (χ0n) is 19.9. The Hall–Kier alpha value is -2.71. The highest BCUT2D eigenvalue weighted by Crippen LogP contribution is 2.49. The number of hydrogen-bond donors (Lipinski definition) is 2. The third-order valence-electron chi connectivity index (χ3n) is 6.79. The summed E-state index contributed by atoms with van der Waals surface area (Å²) in [4.78, 5) is 39.1. The van der Waals surface area contributed by atoms with Crippen LogP contribution in [0.15, 0.2) is 67.9 Å². The third-order valence-corrected chi connectivity index (χ3v) is 7.84. The van der Waals surface area contributed by atoms with Crippen molar-refractivity contribution in [2.45, 2.75) is 51.4 Å². The van der Waals surface area contributed by atoms with E-state index >= 15 is 0 Å². The molecular formula is C28H26Br2N2O4. The number of dihydropyridines is 1. The van der Waals surface area contributed by atoms with Gasteiger partial charge in [0, 0.05) is 57.0 Å². The second-order valence-electron chi connectivity index (χ2n) is 9.41. The number of halogens is 2. The standard InChI is InChI=1S/C28H26Br2N2O4/c1-15-5-2-6-17(11-15)31-24(35)14-36-28-18(12-16(29)13-19(28)30)25-26-20(7-3-9-22(26)33)32-21-8-4-10-23(34)27(21)25/h2,5-6,11-13,25,32H,3-4,7-10,14H2,1H3,(H,31,35). The van der Waals surface area contributed by atoms with Crippen LogP contribution in [0.2, 0.25) is 0 Å². The molecule has 0 aromatic heterocycles. The van der Waals surface area contributed by atoms with Gasteiger partial charge in [-0.25, -0.2) is 0 Å². The molecule has 2 aromatic rings. The number of Topliss-reactive ketones (excluding diaryl/α,β-unsaturated/α-hetero) is 2. The number of aryl methyl sites for hydroxylation is 1. The van der Waals surface area contributed by atoms with Crippen LogP contribution in [0.5, 0.6) is 5.75 Å². The lowest BCUT2D eigenvalue weighted by Crippen LogP contribution is -2.36. The van der Waals surface area contributed by atoms with Gasteiger partial charge in [0.25, 0.3) is 5.91 Å². The Morgan fingerprint density at radius 3 is 2.31 bits per heavy atom. The van der Waals surface area contributed by atoms with Crippen molar-refractivity contribution >= 4 is 55.0 Å². The van der Waals surface area contributed by atoms with Crippen LogP contribution in [-0.2, 0) is 14.4 Å². The zero-order valence-corrected chi connectivity index (χ0v) is 23.1. The number of carbonyl (C=O) groups excluding carboxylic acids is 3. The maximum Gasteiger partial charge on any atom is 0.262 e. The van der Waals surface area contributed by atoms with Crippen molar-refractivity contribution < 1.29 is 19.1 Å². The number of nitrogens with one attached hydrogen (secondary N) is 2. The summed E-state index contributed by atoms with van der Waals surface area (Å²) in [5.41, 5.74) is 5.55. The van der Waals surface area contributed by atoms with E-state index in [1.54, 1.807) is 0 Å². The van der Waals surface area contributed by atoms with Gasteiger partial charge in [-0.05, 0) is 78.4 Å². The minimum Gasteiger partial charge on any atom is -0.482 e. The van der Waals surface area contributed by atoms with Crippen molar-refractivity contribution in [2.75, 3.05) is 11.9 Å². The van der Waals surface area contributed by atoms with E-state index in [0.717, 1.165) is 47.1 Å². The van der Waals surface area contributed by atoms with Gasteiger partial charge in [-0.15, -0.1) is 0 Å². The van der Waals surface area contributed by atoms with Crippen LogP contribution in [0, 0.1) is 6.92 Å². The molecule has 1 heterocycles. The fourth-order valence-corrected chi connectivity index (χ4v) is 6.67. The van der Waals surface area contributed by atoms with Crippen molar-refractivity contribution in [2.24, 2.45) is 0 Å². The summed E-state index contributed by atoms with van der Waals surface area (Å²) in [6.07, 6.45) is 4.03. The first-order valence-corrected chi connectivity index (χ1v) is 13.7. The number of carbonyl (C=O) groups is 3. The Morgan fingerprint density at radius 1 is 1.00 bits per heavy atom. The van der Waals surface area contributed by atoms with Gasteiger partial charge >= 0.3 is 0 Å². The maximum absolute atomic E-state index is 13.2. The Kier molecular flexibility index (Phi) is 7.17. The van der Waals surface area contributed by atoms with E-state index in [2.05, 4.69) is 42.5 Å². The molecular weight excluding hydrogens is 588 g/mol. The van der Waals surface area contributed by atoms with Crippen LogP contribution >= 0.6 is 31.9 Å². The van der Waals surface area contributed by atoms with E-state index in [4.69, 9.17) is 4.74 Å². The van der Waals surface area contributed by atoms with Crippen LogP contribution in [0.3, 0.4) is 0 Å². The normalized spacial score (nSPS) is 18.0. The van der Waals surface area contributed by atoms with Gasteiger partial charge in [-0.3, -0.25) is 14.4 Å². The van der Waals surface area contributed by atoms with E-state index in [-0.39, 0.29) is 24.1 Å². The van der Waals surface area contributed by atoms with Gasteiger partial charge in [0.2, 0.25) is 0 Å². The number of ether oxygens (including phenoxy) is 1. The van der Waals surface area contributed by atoms with E-state index in [9.17, 15) is 14.4 Å². The highest BCUT2D eigenvalue weighted by molar-refractivity contribution is 9.11. The monoisotopic (exact) mass is 612 g/mol. The van der Waals surface area contributed by atoms with Gasteiger partial charge in [-0.1, -0.05) is 28.1 Å². The second kappa shape index (κ2) is 10.3. The molecule has 0 unspecified atom stereocenters. The molecule has 0 fully saturated rings. The number of anilines is 1. The number of hydrogen-bond acceptors (Lipinski definition) is 5. The molecule has 0 atom stereocenters. The summed E-state index contributed by atoms with van der Waals surface area (Å²) < 4.78 is 7.53. The molecule has 0 spiro atoms. The van der Waals surface area contributed by atoms with Crippen molar-refractivity contribution in [1.29, 1.82) is 0 Å². The number of benzene rings is 2. The Morgan fingerprint density at radius 2 is 1.67 bits per heavy atom. The minimum atomic E-state index is -0.527. The van der Waals surface area contributed by atoms with Crippen LogP contribution in [0.25, 0.3) is 0 Å². The second-order valence-corrected chi connectivity index (χ2v) is 11.2. The fourth-order valence-electron chi connectivity index (χ4n) is 5.30. The van der Waals surface area contributed by atoms with E-state index in [1.165, 1.54) is 0 Å². The van der Waals surface area contributed by atoms with Crippen LogP contribution in [0.1, 0.15) is 55.6 Å². The Labute approximate surface area is 226 Å². The lowest BCUT2D eigenvalue weighted by Gasteiger charge is -2.37. The Bertz CT molecular complexity index is 1300. The van der Waals surface area contributed by atoms with Crippen molar-refractivity contribution in [3.8, 4) is 5.75 Å². The Balaban J connectivity index is 1.53. The predicted molar refractivity (Wildman–Crippen MR) is 145 cm³/mol. The quantitative estimate of drug-likeness (QED) is 0.417. The molecule has 5 rings (SSSR count). The SMILES string of the molecule is Cc1cccc(NC(=O)COc2c(Br)cc(Br)cc2C2C3=C(CCCC3=O)NC3=C2C(=O)CCC3)c1. The molecule has 2 aliphatic carbocycles. The van der Waals surface area contributed by atoms with Gasteiger partial charge in [0.05, 0.1) is 4.47 Å². The summed E-state index contributed by atoms with van der Waals surface area (Å²) in [6, 6.07) is 11.3. The molecule has 1 aliphatic heterocycles. The summed E-state index contributed by atoms with van der Waals surface area (Å²) in [5.74, 6) is -0.259. The lowest BCUT2D eigenvalue weighted by molar-refractivity contribution is -0.119.